The Morgan fingerprint density at radius 2 is 1.73 bits per heavy atom. The van der Waals surface area contributed by atoms with Gasteiger partial charge in [0.2, 0.25) is 0 Å². The quantitative estimate of drug-likeness (QED) is 0.756. The monoisotopic (exact) mass is 324 g/mol. The van der Waals surface area contributed by atoms with Crippen molar-refractivity contribution in [3.63, 3.8) is 0 Å². The average molecular weight is 324 g/mol. The van der Waals surface area contributed by atoms with Gasteiger partial charge < -0.3 is 19.7 Å². The van der Waals surface area contributed by atoms with E-state index in [0.29, 0.717) is 12.1 Å². The predicted octanol–water partition coefficient (Wildman–Crippen LogP) is 4.30. The highest BCUT2D eigenvalue weighted by atomic mass is 32.1. The van der Waals surface area contributed by atoms with Gasteiger partial charge in [0, 0.05) is 18.2 Å². The standard InChI is InChI=1S/C17H28N2O2S/c1-7-12(3)19(13(4)8-2)17(22)18-15-10-9-14(20-5)11-16(15)21-6/h9-13H,7-8H2,1-6H3,(H,18,22). The lowest BCUT2D eigenvalue weighted by Gasteiger charge is -2.36. The van der Waals surface area contributed by atoms with Crippen molar-refractivity contribution >= 4 is 23.0 Å². The van der Waals surface area contributed by atoms with Gasteiger partial charge in [0.25, 0.3) is 0 Å². The Kier molecular flexibility index (Phi) is 7.45. The van der Waals surface area contributed by atoms with Crippen LogP contribution in [0.5, 0.6) is 11.5 Å². The molecule has 1 aromatic rings. The molecule has 0 saturated carbocycles. The van der Waals surface area contributed by atoms with Gasteiger partial charge >= 0.3 is 0 Å². The molecule has 124 valence electrons. The number of rotatable bonds is 7. The minimum Gasteiger partial charge on any atom is -0.497 e. The highest BCUT2D eigenvalue weighted by molar-refractivity contribution is 7.80. The Labute approximate surface area is 139 Å². The molecule has 5 heteroatoms. The zero-order chi connectivity index (χ0) is 16.7. The maximum Gasteiger partial charge on any atom is 0.174 e. The molecule has 0 spiro atoms. The lowest BCUT2D eigenvalue weighted by Crippen LogP contribution is -2.46. The van der Waals surface area contributed by atoms with Gasteiger partial charge in [-0.25, -0.2) is 0 Å². The summed E-state index contributed by atoms with van der Waals surface area (Å²) in [7, 11) is 3.28. The Morgan fingerprint density at radius 1 is 1.14 bits per heavy atom. The zero-order valence-electron chi connectivity index (χ0n) is 14.5. The minimum atomic E-state index is 0.388. The molecule has 2 atom stereocenters. The first-order valence-electron chi connectivity index (χ1n) is 7.79. The van der Waals surface area contributed by atoms with Crippen molar-refractivity contribution in [2.45, 2.75) is 52.6 Å². The summed E-state index contributed by atoms with van der Waals surface area (Å²) in [6, 6.07) is 6.44. The fraction of sp³-hybridized carbons (Fsp3) is 0.588. The van der Waals surface area contributed by atoms with Gasteiger partial charge in [-0.2, -0.15) is 0 Å². The first kappa shape index (κ1) is 18.6. The van der Waals surface area contributed by atoms with Gasteiger partial charge in [0.05, 0.1) is 19.9 Å². The molecule has 0 fully saturated rings. The van der Waals surface area contributed by atoms with Crippen LogP contribution in [0.2, 0.25) is 0 Å². The van der Waals surface area contributed by atoms with E-state index < -0.39 is 0 Å². The maximum atomic E-state index is 5.64. The Bertz CT molecular complexity index is 484. The van der Waals surface area contributed by atoms with Crippen LogP contribution < -0.4 is 14.8 Å². The van der Waals surface area contributed by atoms with Crippen molar-refractivity contribution in [1.82, 2.24) is 4.90 Å². The fourth-order valence-electron chi connectivity index (χ4n) is 2.31. The molecule has 0 aliphatic carbocycles. The summed E-state index contributed by atoms with van der Waals surface area (Å²) in [6.45, 7) is 8.75. The molecule has 2 unspecified atom stereocenters. The molecule has 1 rings (SSSR count). The number of ether oxygens (including phenoxy) is 2. The van der Waals surface area contributed by atoms with E-state index in [9.17, 15) is 0 Å². The second kappa shape index (κ2) is 8.83. The number of methoxy groups -OCH3 is 2. The summed E-state index contributed by atoms with van der Waals surface area (Å²) >= 11 is 5.64. The molecule has 4 nitrogen and oxygen atoms in total. The second-order valence-electron chi connectivity index (χ2n) is 5.42. The third-order valence-corrected chi connectivity index (χ3v) is 4.33. The van der Waals surface area contributed by atoms with Gasteiger partial charge in [-0.3, -0.25) is 0 Å². The highest BCUT2D eigenvalue weighted by Gasteiger charge is 2.21. The van der Waals surface area contributed by atoms with E-state index in [1.807, 2.05) is 18.2 Å². The number of thiocarbonyl (C=S) groups is 1. The van der Waals surface area contributed by atoms with Crippen molar-refractivity contribution in [2.75, 3.05) is 19.5 Å². The van der Waals surface area contributed by atoms with Crippen LogP contribution in [0.4, 0.5) is 5.69 Å². The lowest BCUT2D eigenvalue weighted by molar-refractivity contribution is 0.254. The molecule has 1 aromatic carbocycles. The molecule has 0 saturated heterocycles. The van der Waals surface area contributed by atoms with Crippen LogP contribution in [0.25, 0.3) is 0 Å². The van der Waals surface area contributed by atoms with E-state index in [2.05, 4.69) is 37.9 Å². The van der Waals surface area contributed by atoms with Crippen LogP contribution in [0.15, 0.2) is 18.2 Å². The summed E-state index contributed by atoms with van der Waals surface area (Å²) in [4.78, 5) is 2.26. The topological polar surface area (TPSA) is 33.7 Å². The third-order valence-electron chi connectivity index (χ3n) is 4.02. The van der Waals surface area contributed by atoms with Crippen molar-refractivity contribution in [3.8, 4) is 11.5 Å². The molecular weight excluding hydrogens is 296 g/mol. The number of benzene rings is 1. The largest absolute Gasteiger partial charge is 0.497 e. The van der Waals surface area contributed by atoms with Crippen LogP contribution in [-0.4, -0.2) is 36.3 Å². The van der Waals surface area contributed by atoms with Gasteiger partial charge in [-0.05, 0) is 51.0 Å². The van der Waals surface area contributed by atoms with Crippen LogP contribution in [0.1, 0.15) is 40.5 Å². The normalized spacial score (nSPS) is 13.2. The third kappa shape index (κ3) is 4.50. The second-order valence-corrected chi connectivity index (χ2v) is 5.80. The summed E-state index contributed by atoms with van der Waals surface area (Å²) in [6.07, 6.45) is 2.10. The number of hydrogen-bond donors (Lipinski definition) is 1. The molecule has 0 bridgehead atoms. The minimum absolute atomic E-state index is 0.388. The van der Waals surface area contributed by atoms with Crippen LogP contribution >= 0.6 is 12.2 Å². The fourth-order valence-corrected chi connectivity index (χ4v) is 2.78. The van der Waals surface area contributed by atoms with E-state index >= 15 is 0 Å². The summed E-state index contributed by atoms with van der Waals surface area (Å²) in [5, 5.41) is 4.05. The van der Waals surface area contributed by atoms with E-state index in [1.165, 1.54) is 0 Å². The first-order chi connectivity index (χ1) is 10.5. The number of anilines is 1. The molecular formula is C17H28N2O2S. The van der Waals surface area contributed by atoms with E-state index in [-0.39, 0.29) is 0 Å². The number of nitrogens with one attached hydrogen (secondary N) is 1. The van der Waals surface area contributed by atoms with Crippen LogP contribution in [0.3, 0.4) is 0 Å². The molecule has 1 N–H and O–H groups in total. The highest BCUT2D eigenvalue weighted by Crippen LogP contribution is 2.29. The van der Waals surface area contributed by atoms with Gasteiger partial charge in [0.15, 0.2) is 5.11 Å². The molecule has 0 radical (unpaired) electrons. The Balaban J connectivity index is 2.98. The maximum absolute atomic E-state index is 5.64. The molecule has 0 aliphatic heterocycles. The number of hydrogen-bond acceptors (Lipinski definition) is 3. The molecule has 22 heavy (non-hydrogen) atoms. The molecule has 0 aliphatic rings. The van der Waals surface area contributed by atoms with Crippen molar-refractivity contribution in [1.29, 1.82) is 0 Å². The van der Waals surface area contributed by atoms with Crippen molar-refractivity contribution in [3.05, 3.63) is 18.2 Å². The first-order valence-corrected chi connectivity index (χ1v) is 8.20. The summed E-state index contributed by atoms with van der Waals surface area (Å²) in [5.74, 6) is 1.48. The summed E-state index contributed by atoms with van der Waals surface area (Å²) in [5.41, 5.74) is 0.852. The van der Waals surface area contributed by atoms with Gasteiger partial charge in [0.1, 0.15) is 11.5 Å². The Hall–Kier alpha value is -1.49. The molecule has 0 amide bonds. The van der Waals surface area contributed by atoms with E-state index in [1.54, 1.807) is 14.2 Å². The van der Waals surface area contributed by atoms with E-state index in [4.69, 9.17) is 21.7 Å². The van der Waals surface area contributed by atoms with E-state index in [0.717, 1.165) is 35.1 Å². The van der Waals surface area contributed by atoms with Gasteiger partial charge in [-0.1, -0.05) is 13.8 Å². The van der Waals surface area contributed by atoms with Crippen molar-refractivity contribution in [2.24, 2.45) is 0 Å². The van der Waals surface area contributed by atoms with Crippen LogP contribution in [-0.2, 0) is 0 Å². The Morgan fingerprint density at radius 3 is 2.18 bits per heavy atom. The molecule has 0 aromatic heterocycles. The van der Waals surface area contributed by atoms with Crippen molar-refractivity contribution < 1.29 is 9.47 Å². The van der Waals surface area contributed by atoms with Crippen LogP contribution in [0, 0.1) is 0 Å². The number of nitrogens with zero attached hydrogens (tertiary/aromatic N) is 1. The smallest absolute Gasteiger partial charge is 0.174 e. The SMILES string of the molecule is CCC(C)N(C(=S)Nc1ccc(OC)cc1OC)C(C)CC. The zero-order valence-corrected chi connectivity index (χ0v) is 15.3. The predicted molar refractivity (Wildman–Crippen MR) is 97.1 cm³/mol. The summed E-state index contributed by atoms with van der Waals surface area (Å²) < 4.78 is 10.6. The van der Waals surface area contributed by atoms with Gasteiger partial charge in [-0.15, -0.1) is 0 Å². The molecule has 0 heterocycles. The lowest BCUT2D eigenvalue weighted by atomic mass is 10.1. The average Bonchev–Trinajstić information content (AvgIpc) is 2.54.